The Morgan fingerprint density at radius 3 is 2.52 bits per heavy atom. The molecule has 1 amide bonds. The molecule has 1 N–H and O–H groups in total. The van der Waals surface area contributed by atoms with Crippen LogP contribution in [0.5, 0.6) is 0 Å². The number of rotatable bonds is 6. The summed E-state index contributed by atoms with van der Waals surface area (Å²) in [5.41, 5.74) is 3.34. The average Bonchev–Trinajstić information content (AvgIpc) is 3.01. The molecule has 0 aliphatic heterocycles. The standard InChI is InChI=1S/C17H24N4O3S/c1-9(2)8-21-12(5)13(10(3)20-21)7-14(22)19-17-18-11(4)15(25-17)16(23)24-6/h9H,7-8H2,1-6H3,(H,18,19,22). The molecule has 8 heteroatoms. The predicted molar refractivity (Wildman–Crippen MR) is 97.1 cm³/mol. The van der Waals surface area contributed by atoms with Crippen LogP contribution in [0.15, 0.2) is 0 Å². The first-order valence-corrected chi connectivity index (χ1v) is 8.93. The Hall–Kier alpha value is -2.22. The van der Waals surface area contributed by atoms with Crippen LogP contribution in [0.3, 0.4) is 0 Å². The fraction of sp³-hybridized carbons (Fsp3) is 0.529. The molecule has 0 unspecified atom stereocenters. The molecule has 25 heavy (non-hydrogen) atoms. The number of nitrogens with one attached hydrogen (secondary N) is 1. The molecule has 0 atom stereocenters. The Balaban J connectivity index is 2.11. The van der Waals surface area contributed by atoms with Gasteiger partial charge in [-0.25, -0.2) is 9.78 Å². The van der Waals surface area contributed by atoms with E-state index in [9.17, 15) is 9.59 Å². The van der Waals surface area contributed by atoms with Gasteiger partial charge in [0.25, 0.3) is 0 Å². The van der Waals surface area contributed by atoms with Crippen LogP contribution >= 0.6 is 11.3 Å². The van der Waals surface area contributed by atoms with Crippen LogP contribution in [-0.2, 0) is 22.5 Å². The zero-order valence-corrected chi connectivity index (χ0v) is 16.3. The maximum Gasteiger partial charge on any atom is 0.350 e. The van der Waals surface area contributed by atoms with E-state index in [-0.39, 0.29) is 12.3 Å². The Bertz CT molecular complexity index is 792. The Morgan fingerprint density at radius 1 is 1.24 bits per heavy atom. The Morgan fingerprint density at radius 2 is 1.92 bits per heavy atom. The molecule has 2 aromatic rings. The minimum Gasteiger partial charge on any atom is -0.465 e. The largest absolute Gasteiger partial charge is 0.465 e. The minimum atomic E-state index is -0.447. The van der Waals surface area contributed by atoms with E-state index >= 15 is 0 Å². The first kappa shape index (κ1) is 19.1. The molecule has 0 spiro atoms. The third-order valence-corrected chi connectivity index (χ3v) is 4.87. The first-order valence-electron chi connectivity index (χ1n) is 8.11. The lowest BCUT2D eigenvalue weighted by atomic mass is 10.1. The molecule has 0 radical (unpaired) electrons. The lowest BCUT2D eigenvalue weighted by molar-refractivity contribution is -0.115. The Kier molecular flexibility index (Phi) is 5.94. The number of aryl methyl sites for hydroxylation is 2. The summed E-state index contributed by atoms with van der Waals surface area (Å²) in [6.45, 7) is 10.7. The second-order valence-corrected chi connectivity index (χ2v) is 7.37. The predicted octanol–water partition coefficient (Wildman–Crippen LogP) is 2.89. The van der Waals surface area contributed by atoms with E-state index in [2.05, 4.69) is 29.2 Å². The van der Waals surface area contributed by atoms with Crippen LogP contribution < -0.4 is 5.32 Å². The smallest absolute Gasteiger partial charge is 0.350 e. The van der Waals surface area contributed by atoms with E-state index < -0.39 is 5.97 Å². The normalized spacial score (nSPS) is 11.0. The lowest BCUT2D eigenvalue weighted by Gasteiger charge is -2.08. The highest BCUT2D eigenvalue weighted by Crippen LogP contribution is 2.24. The average molecular weight is 364 g/mol. The van der Waals surface area contributed by atoms with Crippen molar-refractivity contribution in [2.75, 3.05) is 12.4 Å². The molecule has 136 valence electrons. The van der Waals surface area contributed by atoms with E-state index in [0.29, 0.717) is 21.6 Å². The topological polar surface area (TPSA) is 86.1 Å². The number of hydrogen-bond donors (Lipinski definition) is 1. The minimum absolute atomic E-state index is 0.180. The van der Waals surface area contributed by atoms with E-state index in [1.54, 1.807) is 6.92 Å². The van der Waals surface area contributed by atoms with Crippen LogP contribution in [0.25, 0.3) is 0 Å². The van der Waals surface area contributed by atoms with Gasteiger partial charge in [-0.05, 0) is 26.7 Å². The van der Waals surface area contributed by atoms with Crippen molar-refractivity contribution >= 4 is 28.3 Å². The van der Waals surface area contributed by atoms with Crippen LogP contribution in [0.1, 0.15) is 46.2 Å². The van der Waals surface area contributed by atoms with Gasteiger partial charge in [0, 0.05) is 17.8 Å². The molecule has 0 aromatic carbocycles. The van der Waals surface area contributed by atoms with Crippen LogP contribution in [0, 0.1) is 26.7 Å². The van der Waals surface area contributed by atoms with Gasteiger partial charge in [0.15, 0.2) is 5.13 Å². The number of nitrogens with zero attached hydrogens (tertiary/aromatic N) is 3. The van der Waals surface area contributed by atoms with Crippen molar-refractivity contribution in [3.05, 3.63) is 27.5 Å². The second kappa shape index (κ2) is 7.77. The molecule has 0 aliphatic carbocycles. The summed E-state index contributed by atoms with van der Waals surface area (Å²) < 4.78 is 6.65. The quantitative estimate of drug-likeness (QED) is 0.797. The number of amides is 1. The number of anilines is 1. The summed E-state index contributed by atoms with van der Waals surface area (Å²) >= 11 is 1.11. The lowest BCUT2D eigenvalue weighted by Crippen LogP contribution is -2.15. The number of esters is 1. The van der Waals surface area contributed by atoms with Crippen molar-refractivity contribution in [2.24, 2.45) is 5.92 Å². The maximum absolute atomic E-state index is 12.4. The highest BCUT2D eigenvalue weighted by atomic mass is 32.1. The summed E-state index contributed by atoms with van der Waals surface area (Å²) in [4.78, 5) is 28.6. The number of ether oxygens (including phenoxy) is 1. The summed E-state index contributed by atoms with van der Waals surface area (Å²) in [6, 6.07) is 0. The number of aromatic nitrogens is 3. The van der Waals surface area contributed by atoms with Crippen molar-refractivity contribution < 1.29 is 14.3 Å². The molecule has 0 aliphatic rings. The fourth-order valence-electron chi connectivity index (χ4n) is 2.57. The van der Waals surface area contributed by atoms with E-state index in [4.69, 9.17) is 4.74 Å². The molecular weight excluding hydrogens is 340 g/mol. The van der Waals surface area contributed by atoms with Crippen molar-refractivity contribution in [3.63, 3.8) is 0 Å². The molecule has 0 saturated heterocycles. The zero-order chi connectivity index (χ0) is 18.7. The highest BCUT2D eigenvalue weighted by molar-refractivity contribution is 7.17. The number of thiazole rings is 1. The van der Waals surface area contributed by atoms with Crippen molar-refractivity contribution in [1.29, 1.82) is 0 Å². The zero-order valence-electron chi connectivity index (χ0n) is 15.5. The van der Waals surface area contributed by atoms with Gasteiger partial charge in [0.05, 0.1) is 24.9 Å². The van der Waals surface area contributed by atoms with Crippen molar-refractivity contribution in [1.82, 2.24) is 14.8 Å². The summed E-state index contributed by atoms with van der Waals surface area (Å²) in [6.07, 6.45) is 0.224. The second-order valence-electron chi connectivity index (χ2n) is 6.38. The molecule has 2 heterocycles. The highest BCUT2D eigenvalue weighted by Gasteiger charge is 2.19. The number of hydrogen-bond acceptors (Lipinski definition) is 6. The number of carbonyl (C=O) groups excluding carboxylic acids is 2. The monoisotopic (exact) mass is 364 g/mol. The molecule has 7 nitrogen and oxygen atoms in total. The van der Waals surface area contributed by atoms with Gasteiger partial charge in [-0.15, -0.1) is 0 Å². The maximum atomic E-state index is 12.4. The summed E-state index contributed by atoms with van der Waals surface area (Å²) in [7, 11) is 1.32. The molecule has 2 rings (SSSR count). The van der Waals surface area contributed by atoms with E-state index in [1.807, 2.05) is 18.5 Å². The SMILES string of the molecule is COC(=O)c1sc(NC(=O)Cc2c(C)nn(CC(C)C)c2C)nc1C. The third-order valence-electron chi connectivity index (χ3n) is 3.82. The van der Waals surface area contributed by atoms with Gasteiger partial charge in [-0.3, -0.25) is 9.48 Å². The van der Waals surface area contributed by atoms with Gasteiger partial charge in [0.1, 0.15) is 4.88 Å². The summed E-state index contributed by atoms with van der Waals surface area (Å²) in [5, 5.41) is 7.68. The number of methoxy groups -OCH3 is 1. The van der Waals surface area contributed by atoms with Gasteiger partial charge in [0.2, 0.25) is 5.91 Å². The molecule has 0 saturated carbocycles. The molecular formula is C17H24N4O3S. The van der Waals surface area contributed by atoms with Gasteiger partial charge < -0.3 is 10.1 Å². The first-order chi connectivity index (χ1) is 11.7. The van der Waals surface area contributed by atoms with Crippen LogP contribution in [0.4, 0.5) is 5.13 Å². The van der Waals surface area contributed by atoms with Crippen molar-refractivity contribution in [3.8, 4) is 0 Å². The molecule has 0 bridgehead atoms. The molecule has 2 aromatic heterocycles. The van der Waals surface area contributed by atoms with Crippen LogP contribution in [-0.4, -0.2) is 33.8 Å². The Labute approximate surface area is 151 Å². The van der Waals surface area contributed by atoms with Crippen molar-refractivity contribution in [2.45, 2.75) is 47.6 Å². The van der Waals surface area contributed by atoms with Gasteiger partial charge >= 0.3 is 5.97 Å². The van der Waals surface area contributed by atoms with Gasteiger partial charge in [-0.1, -0.05) is 25.2 Å². The number of carbonyl (C=O) groups is 2. The van der Waals surface area contributed by atoms with Crippen LogP contribution in [0.2, 0.25) is 0 Å². The molecule has 0 fully saturated rings. The fourth-order valence-corrected chi connectivity index (χ4v) is 3.47. The van der Waals surface area contributed by atoms with E-state index in [0.717, 1.165) is 34.8 Å². The third kappa shape index (κ3) is 4.45. The van der Waals surface area contributed by atoms with Gasteiger partial charge in [-0.2, -0.15) is 5.10 Å². The summed E-state index contributed by atoms with van der Waals surface area (Å²) in [5.74, 6) is -0.146. The van der Waals surface area contributed by atoms with E-state index in [1.165, 1.54) is 7.11 Å².